The summed E-state index contributed by atoms with van der Waals surface area (Å²) in [6.07, 6.45) is 1.24. The fourth-order valence-electron chi connectivity index (χ4n) is 1.12. The quantitative estimate of drug-likeness (QED) is 0.582. The molecule has 0 saturated carbocycles. The van der Waals surface area contributed by atoms with Crippen LogP contribution in [0.3, 0.4) is 0 Å². The lowest BCUT2D eigenvalue weighted by Crippen LogP contribution is -2.00. The summed E-state index contributed by atoms with van der Waals surface area (Å²) in [5.74, 6) is 0.0826. The van der Waals surface area contributed by atoms with Crippen LogP contribution in [0.1, 0.15) is 30.1 Å². The Balaban J connectivity index is 2.83. The molecule has 0 atom stereocenters. The van der Waals surface area contributed by atoms with E-state index in [1.807, 2.05) is 6.92 Å². The smallest absolute Gasteiger partial charge is 0.166 e. The monoisotopic (exact) mass is 286 g/mol. The zero-order valence-electron chi connectivity index (χ0n) is 8.52. The molecule has 80 valence electrons. The van der Waals surface area contributed by atoms with Crippen LogP contribution < -0.4 is 0 Å². The molecule has 0 unspecified atom stereocenters. The van der Waals surface area contributed by atoms with Crippen LogP contribution in [0.15, 0.2) is 34.8 Å². The van der Waals surface area contributed by atoms with Gasteiger partial charge in [-0.1, -0.05) is 30.7 Å². The average molecular weight is 288 g/mol. The Bertz CT molecular complexity index is 399. The van der Waals surface area contributed by atoms with Crippen molar-refractivity contribution in [2.45, 2.75) is 19.8 Å². The number of Topliss-reactive ketones (excluding diaryl/α,β-unsaturated/α-hetero) is 1. The van der Waals surface area contributed by atoms with Crippen LogP contribution in [0, 0.1) is 0 Å². The summed E-state index contributed by atoms with van der Waals surface area (Å²) in [4.78, 5) is 11.8. The molecule has 0 bridgehead atoms. The normalized spacial score (nSPS) is 10.1. The van der Waals surface area contributed by atoms with Crippen LogP contribution in [0.4, 0.5) is 0 Å². The SMILES string of the molecule is C=C(CC)CC(=O)c1ccc(Cl)c(Br)c1. The number of carbonyl (C=O) groups excluding carboxylic acids is 1. The highest BCUT2D eigenvalue weighted by molar-refractivity contribution is 9.10. The third-order valence-corrected chi connectivity index (χ3v) is 3.37. The fourth-order valence-corrected chi connectivity index (χ4v) is 1.62. The van der Waals surface area contributed by atoms with E-state index < -0.39 is 0 Å². The molecule has 0 aliphatic rings. The van der Waals surface area contributed by atoms with Gasteiger partial charge in [0.1, 0.15) is 0 Å². The topological polar surface area (TPSA) is 17.1 Å². The average Bonchev–Trinajstić information content (AvgIpc) is 2.21. The lowest BCUT2D eigenvalue weighted by molar-refractivity contribution is 0.0992. The van der Waals surface area contributed by atoms with Crippen LogP contribution in [-0.4, -0.2) is 5.78 Å². The minimum Gasteiger partial charge on any atom is -0.294 e. The van der Waals surface area contributed by atoms with Crippen LogP contribution in [0.25, 0.3) is 0 Å². The number of halogens is 2. The molecule has 3 heteroatoms. The van der Waals surface area contributed by atoms with Crippen molar-refractivity contribution in [3.63, 3.8) is 0 Å². The highest BCUT2D eigenvalue weighted by atomic mass is 79.9. The van der Waals surface area contributed by atoms with Crippen molar-refractivity contribution in [3.8, 4) is 0 Å². The first-order valence-electron chi connectivity index (χ1n) is 4.69. The van der Waals surface area contributed by atoms with E-state index in [-0.39, 0.29) is 5.78 Å². The lowest BCUT2D eigenvalue weighted by atomic mass is 10.0. The molecule has 1 nitrogen and oxygen atoms in total. The minimum atomic E-state index is 0.0826. The van der Waals surface area contributed by atoms with Gasteiger partial charge in [-0.15, -0.1) is 0 Å². The fraction of sp³-hybridized carbons (Fsp3) is 0.250. The van der Waals surface area contributed by atoms with Gasteiger partial charge in [0.2, 0.25) is 0 Å². The summed E-state index contributed by atoms with van der Waals surface area (Å²) in [5, 5.41) is 0.612. The number of rotatable bonds is 4. The van der Waals surface area contributed by atoms with Gasteiger partial charge in [-0.05, 0) is 40.5 Å². The first-order chi connectivity index (χ1) is 7.04. The van der Waals surface area contributed by atoms with Crippen molar-refractivity contribution in [2.24, 2.45) is 0 Å². The van der Waals surface area contributed by atoms with Crippen molar-refractivity contribution in [1.82, 2.24) is 0 Å². The van der Waals surface area contributed by atoms with E-state index in [4.69, 9.17) is 11.6 Å². The summed E-state index contributed by atoms with van der Waals surface area (Å²) in [5.41, 5.74) is 1.62. The van der Waals surface area contributed by atoms with Gasteiger partial charge < -0.3 is 0 Å². The number of hydrogen-bond acceptors (Lipinski definition) is 1. The molecule has 0 aromatic heterocycles. The summed E-state index contributed by atoms with van der Waals surface area (Å²) in [6, 6.07) is 5.19. The summed E-state index contributed by atoms with van der Waals surface area (Å²) >= 11 is 9.13. The molecule has 0 N–H and O–H groups in total. The predicted octanol–water partition coefficient (Wildman–Crippen LogP) is 4.64. The van der Waals surface area contributed by atoms with Gasteiger partial charge in [-0.25, -0.2) is 0 Å². The Labute approximate surface area is 103 Å². The minimum absolute atomic E-state index is 0.0826. The molecular weight excluding hydrogens is 275 g/mol. The molecule has 1 rings (SSSR count). The Morgan fingerprint density at radius 2 is 2.20 bits per heavy atom. The zero-order chi connectivity index (χ0) is 11.4. The Kier molecular flexibility index (Phi) is 4.55. The van der Waals surface area contributed by atoms with E-state index in [9.17, 15) is 4.79 Å². The lowest BCUT2D eigenvalue weighted by Gasteiger charge is -2.03. The van der Waals surface area contributed by atoms with Crippen molar-refractivity contribution < 1.29 is 4.79 Å². The highest BCUT2D eigenvalue weighted by Crippen LogP contribution is 2.24. The maximum Gasteiger partial charge on any atom is 0.166 e. The van der Waals surface area contributed by atoms with Crippen LogP contribution in [0.5, 0.6) is 0 Å². The van der Waals surface area contributed by atoms with Crippen molar-refractivity contribution in [1.29, 1.82) is 0 Å². The number of allylic oxidation sites excluding steroid dienone is 1. The van der Waals surface area contributed by atoms with E-state index >= 15 is 0 Å². The van der Waals surface area contributed by atoms with Crippen molar-refractivity contribution in [2.75, 3.05) is 0 Å². The number of ketones is 1. The maximum atomic E-state index is 11.8. The van der Waals surface area contributed by atoms with Gasteiger partial charge >= 0.3 is 0 Å². The third-order valence-electron chi connectivity index (χ3n) is 2.15. The van der Waals surface area contributed by atoms with E-state index in [2.05, 4.69) is 22.5 Å². The van der Waals surface area contributed by atoms with Crippen LogP contribution in [0.2, 0.25) is 5.02 Å². The number of benzene rings is 1. The predicted molar refractivity (Wildman–Crippen MR) is 67.5 cm³/mol. The van der Waals surface area contributed by atoms with Crippen LogP contribution >= 0.6 is 27.5 Å². The standard InChI is InChI=1S/C12H12BrClO/c1-3-8(2)6-12(15)9-4-5-11(14)10(13)7-9/h4-5,7H,2-3,6H2,1H3. The maximum absolute atomic E-state index is 11.8. The van der Waals surface area contributed by atoms with E-state index in [0.717, 1.165) is 16.5 Å². The molecule has 0 spiro atoms. The summed E-state index contributed by atoms with van der Waals surface area (Å²) < 4.78 is 0.747. The Hall–Kier alpha value is -0.600. The molecule has 0 heterocycles. The molecule has 0 aliphatic carbocycles. The van der Waals surface area contributed by atoms with Gasteiger partial charge in [0.05, 0.1) is 5.02 Å². The summed E-state index contributed by atoms with van der Waals surface area (Å²) in [6.45, 7) is 5.81. The second-order valence-corrected chi connectivity index (χ2v) is 4.59. The Morgan fingerprint density at radius 1 is 1.53 bits per heavy atom. The molecule has 15 heavy (non-hydrogen) atoms. The van der Waals surface area contributed by atoms with Gasteiger partial charge in [-0.2, -0.15) is 0 Å². The van der Waals surface area contributed by atoms with E-state index in [0.29, 0.717) is 17.0 Å². The zero-order valence-corrected chi connectivity index (χ0v) is 10.9. The molecule has 1 aromatic carbocycles. The van der Waals surface area contributed by atoms with E-state index in [1.54, 1.807) is 18.2 Å². The van der Waals surface area contributed by atoms with Crippen molar-refractivity contribution >= 4 is 33.3 Å². The first kappa shape index (κ1) is 12.5. The molecular formula is C12H12BrClO. The summed E-state index contributed by atoms with van der Waals surface area (Å²) in [7, 11) is 0. The second-order valence-electron chi connectivity index (χ2n) is 3.33. The van der Waals surface area contributed by atoms with E-state index in [1.165, 1.54) is 0 Å². The Morgan fingerprint density at radius 3 is 2.73 bits per heavy atom. The third kappa shape index (κ3) is 3.47. The van der Waals surface area contributed by atoms with Gasteiger partial charge in [-0.3, -0.25) is 4.79 Å². The largest absolute Gasteiger partial charge is 0.294 e. The van der Waals surface area contributed by atoms with Crippen molar-refractivity contribution in [3.05, 3.63) is 45.4 Å². The molecule has 0 radical (unpaired) electrons. The van der Waals surface area contributed by atoms with Gasteiger partial charge in [0.15, 0.2) is 5.78 Å². The van der Waals surface area contributed by atoms with Crippen LogP contribution in [-0.2, 0) is 0 Å². The molecule has 1 aromatic rings. The van der Waals surface area contributed by atoms with Gasteiger partial charge in [0.25, 0.3) is 0 Å². The highest BCUT2D eigenvalue weighted by Gasteiger charge is 2.08. The molecule has 0 fully saturated rings. The second kappa shape index (κ2) is 5.47. The number of carbonyl (C=O) groups is 1. The van der Waals surface area contributed by atoms with Gasteiger partial charge in [0, 0.05) is 16.5 Å². The molecule has 0 amide bonds. The molecule has 0 saturated heterocycles. The molecule has 0 aliphatic heterocycles. The first-order valence-corrected chi connectivity index (χ1v) is 5.86. The number of hydrogen-bond donors (Lipinski definition) is 0.